The van der Waals surface area contributed by atoms with Crippen molar-refractivity contribution >= 4 is 29.0 Å². The third-order valence-electron chi connectivity index (χ3n) is 6.13. The van der Waals surface area contributed by atoms with Gasteiger partial charge >= 0.3 is 5.97 Å². The van der Waals surface area contributed by atoms with Crippen LogP contribution in [0.15, 0.2) is 35.7 Å². The standard InChI is InChI=1S/C25H30O2S/c1-16(8-7-9-18-10-13-28-22(18)23(26)27)19-15-21-20(14-17(19)2)24(3,4)11-12-25(21,5)6/h7-10,13-15H,11-12H2,1-6H3,(H,26,27)/b9-7+,16-8-. The largest absolute Gasteiger partial charge is 0.477 e. The Morgan fingerprint density at radius 2 is 1.71 bits per heavy atom. The number of aromatic carboxylic acids is 1. The zero-order valence-electron chi connectivity index (χ0n) is 17.7. The maximum Gasteiger partial charge on any atom is 0.346 e. The fourth-order valence-electron chi connectivity index (χ4n) is 4.16. The van der Waals surface area contributed by atoms with Crippen LogP contribution in [0, 0.1) is 6.92 Å². The molecule has 3 rings (SSSR count). The highest BCUT2D eigenvalue weighted by Crippen LogP contribution is 2.47. The predicted molar refractivity (Wildman–Crippen MR) is 120 cm³/mol. The minimum atomic E-state index is -0.870. The van der Waals surface area contributed by atoms with Gasteiger partial charge in [-0.3, -0.25) is 0 Å². The summed E-state index contributed by atoms with van der Waals surface area (Å²) in [6.45, 7) is 13.7. The predicted octanol–water partition coefficient (Wildman–Crippen LogP) is 7.22. The van der Waals surface area contributed by atoms with Crippen LogP contribution < -0.4 is 0 Å². The van der Waals surface area contributed by atoms with Crippen molar-refractivity contribution in [2.75, 3.05) is 0 Å². The third-order valence-corrected chi connectivity index (χ3v) is 7.05. The van der Waals surface area contributed by atoms with Crippen molar-refractivity contribution in [2.45, 2.75) is 65.2 Å². The molecule has 0 aliphatic heterocycles. The molecule has 0 bridgehead atoms. The number of fused-ring (bicyclic) bond motifs is 1. The topological polar surface area (TPSA) is 37.3 Å². The van der Waals surface area contributed by atoms with Gasteiger partial charge in [0, 0.05) is 0 Å². The highest BCUT2D eigenvalue weighted by molar-refractivity contribution is 7.12. The van der Waals surface area contributed by atoms with Crippen LogP contribution in [0.5, 0.6) is 0 Å². The molecule has 0 amide bonds. The molecular formula is C25H30O2S. The highest BCUT2D eigenvalue weighted by atomic mass is 32.1. The van der Waals surface area contributed by atoms with E-state index in [2.05, 4.69) is 59.8 Å². The Hall–Kier alpha value is -2.13. The van der Waals surface area contributed by atoms with Crippen LogP contribution >= 0.6 is 11.3 Å². The lowest BCUT2D eigenvalue weighted by molar-refractivity contribution is 0.0702. The molecule has 0 spiro atoms. The SMILES string of the molecule is C/C(=C/C=C/c1ccsc1C(=O)O)c1cc2c(cc1C)C(C)(C)CCC2(C)C. The fourth-order valence-corrected chi connectivity index (χ4v) is 4.88. The molecule has 1 aromatic carbocycles. The van der Waals surface area contributed by atoms with Gasteiger partial charge in [-0.15, -0.1) is 11.3 Å². The van der Waals surface area contributed by atoms with Crippen LogP contribution in [-0.4, -0.2) is 11.1 Å². The first-order chi connectivity index (χ1) is 13.0. The van der Waals surface area contributed by atoms with Crippen molar-refractivity contribution in [1.29, 1.82) is 0 Å². The molecule has 3 heteroatoms. The van der Waals surface area contributed by atoms with E-state index in [0.717, 1.165) is 5.56 Å². The summed E-state index contributed by atoms with van der Waals surface area (Å²) < 4.78 is 0. The zero-order valence-corrected chi connectivity index (χ0v) is 18.5. The number of aryl methyl sites for hydroxylation is 1. The molecule has 1 aliphatic carbocycles. The lowest BCUT2D eigenvalue weighted by Crippen LogP contribution is -2.34. The van der Waals surface area contributed by atoms with Gasteiger partial charge in [-0.25, -0.2) is 4.79 Å². The maximum atomic E-state index is 11.3. The van der Waals surface area contributed by atoms with E-state index in [1.54, 1.807) is 0 Å². The molecule has 1 heterocycles. The molecular weight excluding hydrogens is 364 g/mol. The normalized spacial score (nSPS) is 18.3. The van der Waals surface area contributed by atoms with E-state index in [9.17, 15) is 9.90 Å². The average Bonchev–Trinajstić information content (AvgIpc) is 3.07. The van der Waals surface area contributed by atoms with E-state index in [1.807, 2.05) is 23.6 Å². The van der Waals surface area contributed by atoms with Gasteiger partial charge in [0.2, 0.25) is 0 Å². The van der Waals surface area contributed by atoms with Crippen LogP contribution in [0.3, 0.4) is 0 Å². The first kappa shape index (κ1) is 20.6. The Morgan fingerprint density at radius 3 is 2.32 bits per heavy atom. The number of hydrogen-bond acceptors (Lipinski definition) is 2. The first-order valence-electron chi connectivity index (χ1n) is 9.85. The van der Waals surface area contributed by atoms with Crippen molar-refractivity contribution < 1.29 is 9.90 Å². The van der Waals surface area contributed by atoms with Crippen LogP contribution in [0.4, 0.5) is 0 Å². The molecule has 0 radical (unpaired) electrons. The summed E-state index contributed by atoms with van der Waals surface area (Å²) in [4.78, 5) is 11.6. The van der Waals surface area contributed by atoms with Gasteiger partial charge in [-0.2, -0.15) is 0 Å². The molecule has 1 aliphatic rings. The van der Waals surface area contributed by atoms with Gasteiger partial charge in [-0.05, 0) is 82.4 Å². The lowest BCUT2D eigenvalue weighted by Gasteiger charge is -2.42. The quantitative estimate of drug-likeness (QED) is 0.556. The molecule has 28 heavy (non-hydrogen) atoms. The lowest BCUT2D eigenvalue weighted by atomic mass is 9.62. The Morgan fingerprint density at radius 1 is 1.11 bits per heavy atom. The number of rotatable bonds is 4. The number of benzene rings is 1. The number of carbonyl (C=O) groups is 1. The molecule has 148 valence electrons. The van der Waals surface area contributed by atoms with Crippen molar-refractivity contribution in [1.82, 2.24) is 0 Å². The second kappa shape index (κ2) is 7.36. The van der Waals surface area contributed by atoms with Crippen molar-refractivity contribution in [3.05, 3.63) is 68.4 Å². The molecule has 1 aromatic heterocycles. The average molecular weight is 395 g/mol. The smallest absolute Gasteiger partial charge is 0.346 e. The van der Waals surface area contributed by atoms with Crippen LogP contribution in [0.2, 0.25) is 0 Å². The van der Waals surface area contributed by atoms with Crippen LogP contribution in [-0.2, 0) is 10.8 Å². The summed E-state index contributed by atoms with van der Waals surface area (Å²) in [6, 6.07) is 6.62. The zero-order chi connectivity index (χ0) is 20.7. The van der Waals surface area contributed by atoms with Gasteiger partial charge < -0.3 is 5.11 Å². The Kier molecular flexibility index (Phi) is 5.42. The maximum absolute atomic E-state index is 11.3. The minimum absolute atomic E-state index is 0.191. The van der Waals surface area contributed by atoms with Gasteiger partial charge in [0.1, 0.15) is 4.88 Å². The number of allylic oxidation sites excluding steroid dienone is 3. The van der Waals surface area contributed by atoms with E-state index < -0.39 is 5.97 Å². The van der Waals surface area contributed by atoms with E-state index in [1.165, 1.54) is 52.0 Å². The highest BCUT2D eigenvalue weighted by Gasteiger charge is 2.37. The Balaban J connectivity index is 1.97. The number of carboxylic acids is 1. The molecule has 2 aromatic rings. The van der Waals surface area contributed by atoms with E-state index >= 15 is 0 Å². The first-order valence-corrected chi connectivity index (χ1v) is 10.7. The molecule has 0 saturated carbocycles. The number of carboxylic acid groups (broad SMARTS) is 1. The van der Waals surface area contributed by atoms with Gasteiger partial charge in [0.25, 0.3) is 0 Å². The van der Waals surface area contributed by atoms with E-state index in [0.29, 0.717) is 4.88 Å². The van der Waals surface area contributed by atoms with Crippen molar-refractivity contribution in [3.63, 3.8) is 0 Å². The summed E-state index contributed by atoms with van der Waals surface area (Å²) >= 11 is 1.26. The fraction of sp³-hybridized carbons (Fsp3) is 0.400. The Bertz CT molecular complexity index is 970. The summed E-state index contributed by atoms with van der Waals surface area (Å²) in [6.07, 6.45) is 8.34. The summed E-state index contributed by atoms with van der Waals surface area (Å²) in [7, 11) is 0. The summed E-state index contributed by atoms with van der Waals surface area (Å²) in [5.74, 6) is -0.870. The second-order valence-corrected chi connectivity index (χ2v) is 10.1. The number of hydrogen-bond donors (Lipinski definition) is 1. The van der Waals surface area contributed by atoms with Crippen LogP contribution in [0.1, 0.15) is 84.9 Å². The van der Waals surface area contributed by atoms with Gasteiger partial charge in [0.05, 0.1) is 0 Å². The third kappa shape index (κ3) is 3.86. The van der Waals surface area contributed by atoms with Gasteiger partial charge in [0.15, 0.2) is 0 Å². The van der Waals surface area contributed by atoms with Crippen molar-refractivity contribution in [2.24, 2.45) is 0 Å². The summed E-state index contributed by atoms with van der Waals surface area (Å²) in [5.41, 5.74) is 7.89. The summed E-state index contributed by atoms with van der Waals surface area (Å²) in [5, 5.41) is 11.1. The molecule has 1 N–H and O–H groups in total. The van der Waals surface area contributed by atoms with E-state index in [-0.39, 0.29) is 10.8 Å². The van der Waals surface area contributed by atoms with Crippen LogP contribution in [0.25, 0.3) is 11.6 Å². The number of thiophene rings is 1. The van der Waals surface area contributed by atoms with Crippen molar-refractivity contribution in [3.8, 4) is 0 Å². The molecule has 0 atom stereocenters. The Labute approximate surface area is 172 Å². The monoisotopic (exact) mass is 394 g/mol. The molecule has 0 fully saturated rings. The van der Waals surface area contributed by atoms with Gasteiger partial charge in [-0.1, -0.05) is 58.1 Å². The minimum Gasteiger partial charge on any atom is -0.477 e. The second-order valence-electron chi connectivity index (χ2n) is 9.20. The molecule has 2 nitrogen and oxygen atoms in total. The molecule has 0 unspecified atom stereocenters. The molecule has 0 saturated heterocycles. The van der Waals surface area contributed by atoms with E-state index in [4.69, 9.17) is 0 Å².